The standard InChI is InChI=1S/C17H22N4O2.HI/c1-2-18-17(21-9-8-15(22)11-21)19-10-14-12-23-16(20-14)13-6-4-3-5-7-13;/h3-7,12,15,22H,2,8-11H2,1H3,(H,18,19);1H/t15-;/m1./s1. The Hall–Kier alpha value is -1.61. The van der Waals surface area contributed by atoms with Gasteiger partial charge in [0.05, 0.1) is 12.6 Å². The predicted molar refractivity (Wildman–Crippen MR) is 104 cm³/mol. The largest absolute Gasteiger partial charge is 0.444 e. The van der Waals surface area contributed by atoms with E-state index in [1.54, 1.807) is 6.26 Å². The van der Waals surface area contributed by atoms with Gasteiger partial charge in [0.2, 0.25) is 5.89 Å². The van der Waals surface area contributed by atoms with E-state index in [4.69, 9.17) is 4.42 Å². The zero-order valence-electron chi connectivity index (χ0n) is 13.7. The van der Waals surface area contributed by atoms with Crippen molar-refractivity contribution in [2.45, 2.75) is 26.0 Å². The fourth-order valence-electron chi connectivity index (χ4n) is 2.61. The lowest BCUT2D eigenvalue weighted by atomic mass is 10.2. The van der Waals surface area contributed by atoms with Crippen LogP contribution in [0.1, 0.15) is 19.0 Å². The molecule has 1 aliphatic rings. The highest BCUT2D eigenvalue weighted by atomic mass is 127. The highest BCUT2D eigenvalue weighted by Crippen LogP contribution is 2.18. The molecule has 0 amide bonds. The number of aliphatic hydroxyl groups is 1. The summed E-state index contributed by atoms with van der Waals surface area (Å²) in [7, 11) is 0. The molecule has 1 atom stereocenters. The van der Waals surface area contributed by atoms with Crippen LogP contribution in [0.3, 0.4) is 0 Å². The van der Waals surface area contributed by atoms with Crippen molar-refractivity contribution in [2.24, 2.45) is 4.99 Å². The summed E-state index contributed by atoms with van der Waals surface area (Å²) in [6.45, 7) is 4.72. The first-order valence-electron chi connectivity index (χ1n) is 7.97. The van der Waals surface area contributed by atoms with Gasteiger partial charge in [-0.1, -0.05) is 18.2 Å². The number of oxazole rings is 1. The SMILES string of the molecule is CCNC(=NCc1coc(-c2ccccc2)n1)N1CC[C@@H](O)C1.I. The number of β-amino-alcohol motifs (C(OH)–C–C–N with tert-alkyl or cyclic N) is 1. The van der Waals surface area contributed by atoms with Crippen molar-refractivity contribution in [3.8, 4) is 11.5 Å². The molecule has 1 aromatic carbocycles. The second-order valence-corrected chi connectivity index (χ2v) is 5.57. The Labute approximate surface area is 159 Å². The van der Waals surface area contributed by atoms with Crippen molar-refractivity contribution < 1.29 is 9.52 Å². The molecule has 0 saturated carbocycles. The molecule has 2 aromatic rings. The van der Waals surface area contributed by atoms with Gasteiger partial charge in [-0.2, -0.15) is 0 Å². The summed E-state index contributed by atoms with van der Waals surface area (Å²) in [5, 5.41) is 12.9. The van der Waals surface area contributed by atoms with Crippen LogP contribution in [0.2, 0.25) is 0 Å². The molecular formula is C17H23IN4O2. The van der Waals surface area contributed by atoms with Crippen molar-refractivity contribution in [2.75, 3.05) is 19.6 Å². The second-order valence-electron chi connectivity index (χ2n) is 5.57. The Balaban J connectivity index is 0.00000208. The number of rotatable bonds is 4. The number of hydrogen-bond acceptors (Lipinski definition) is 4. The normalized spacial score (nSPS) is 17.7. The quantitative estimate of drug-likeness (QED) is 0.433. The Morgan fingerprint density at radius 1 is 1.42 bits per heavy atom. The Bertz CT molecular complexity index is 660. The third-order valence-corrected chi connectivity index (χ3v) is 3.76. The number of aliphatic imine (C=N–C) groups is 1. The average molecular weight is 442 g/mol. The van der Waals surface area contributed by atoms with Gasteiger partial charge in [-0.25, -0.2) is 9.98 Å². The molecular weight excluding hydrogens is 419 g/mol. The van der Waals surface area contributed by atoms with Crippen LogP contribution < -0.4 is 5.32 Å². The summed E-state index contributed by atoms with van der Waals surface area (Å²) in [6.07, 6.45) is 2.16. The predicted octanol–water partition coefficient (Wildman–Crippen LogP) is 2.49. The van der Waals surface area contributed by atoms with Crippen LogP contribution in [0, 0.1) is 0 Å². The first kappa shape index (κ1) is 18.7. The van der Waals surface area contributed by atoms with E-state index in [1.165, 1.54) is 0 Å². The van der Waals surface area contributed by atoms with Gasteiger partial charge in [-0.3, -0.25) is 0 Å². The lowest BCUT2D eigenvalue weighted by molar-refractivity contribution is 0.188. The Morgan fingerprint density at radius 2 is 2.21 bits per heavy atom. The van der Waals surface area contributed by atoms with Crippen LogP contribution in [0.25, 0.3) is 11.5 Å². The minimum atomic E-state index is -0.268. The zero-order chi connectivity index (χ0) is 16.1. The number of halogens is 1. The van der Waals surface area contributed by atoms with E-state index in [1.807, 2.05) is 37.3 Å². The van der Waals surface area contributed by atoms with Crippen LogP contribution in [0.4, 0.5) is 0 Å². The lowest BCUT2D eigenvalue weighted by Gasteiger charge is -2.20. The van der Waals surface area contributed by atoms with Gasteiger partial charge in [0, 0.05) is 25.2 Å². The van der Waals surface area contributed by atoms with Crippen LogP contribution in [0.5, 0.6) is 0 Å². The summed E-state index contributed by atoms with van der Waals surface area (Å²) in [5.74, 6) is 1.42. The number of benzene rings is 1. The number of aliphatic hydroxyl groups excluding tert-OH is 1. The number of likely N-dealkylation sites (tertiary alicyclic amines) is 1. The Kier molecular flexibility index (Phi) is 7.04. The zero-order valence-corrected chi connectivity index (χ0v) is 16.0. The number of nitrogens with zero attached hydrogens (tertiary/aromatic N) is 3. The van der Waals surface area contributed by atoms with Crippen molar-refractivity contribution in [3.63, 3.8) is 0 Å². The smallest absolute Gasteiger partial charge is 0.226 e. The molecule has 1 aliphatic heterocycles. The highest BCUT2D eigenvalue weighted by molar-refractivity contribution is 14.0. The van der Waals surface area contributed by atoms with Crippen molar-refractivity contribution >= 4 is 29.9 Å². The van der Waals surface area contributed by atoms with Gasteiger partial charge >= 0.3 is 0 Å². The fraction of sp³-hybridized carbons (Fsp3) is 0.412. The molecule has 1 saturated heterocycles. The topological polar surface area (TPSA) is 73.9 Å². The van der Waals surface area contributed by atoms with Crippen LogP contribution in [-0.2, 0) is 6.54 Å². The molecule has 2 heterocycles. The molecule has 3 rings (SSSR count). The van der Waals surface area contributed by atoms with Gasteiger partial charge in [0.25, 0.3) is 0 Å². The van der Waals surface area contributed by atoms with Gasteiger partial charge in [0.1, 0.15) is 12.0 Å². The molecule has 1 fully saturated rings. The number of aromatic nitrogens is 1. The number of nitrogens with one attached hydrogen (secondary N) is 1. The summed E-state index contributed by atoms with van der Waals surface area (Å²) < 4.78 is 5.53. The van der Waals surface area contributed by atoms with Gasteiger partial charge < -0.3 is 19.7 Å². The first-order chi connectivity index (χ1) is 11.3. The maximum Gasteiger partial charge on any atom is 0.226 e. The summed E-state index contributed by atoms with van der Waals surface area (Å²) >= 11 is 0. The van der Waals surface area contributed by atoms with Gasteiger partial charge in [0.15, 0.2) is 5.96 Å². The molecule has 0 aliphatic carbocycles. The maximum absolute atomic E-state index is 9.68. The van der Waals surface area contributed by atoms with E-state index in [-0.39, 0.29) is 30.1 Å². The Morgan fingerprint density at radius 3 is 2.88 bits per heavy atom. The van der Waals surface area contributed by atoms with E-state index in [2.05, 4.69) is 20.2 Å². The van der Waals surface area contributed by atoms with Gasteiger partial charge in [-0.05, 0) is 25.5 Å². The van der Waals surface area contributed by atoms with E-state index < -0.39 is 0 Å². The monoisotopic (exact) mass is 442 g/mol. The van der Waals surface area contributed by atoms with Crippen molar-refractivity contribution in [1.29, 1.82) is 0 Å². The summed E-state index contributed by atoms with van der Waals surface area (Å²) in [6, 6.07) is 9.81. The van der Waals surface area contributed by atoms with Crippen LogP contribution in [-0.4, -0.2) is 46.7 Å². The molecule has 0 radical (unpaired) electrons. The average Bonchev–Trinajstić information content (AvgIpc) is 3.21. The van der Waals surface area contributed by atoms with Crippen LogP contribution in [0.15, 0.2) is 46.0 Å². The molecule has 0 spiro atoms. The molecule has 24 heavy (non-hydrogen) atoms. The molecule has 0 bridgehead atoms. The minimum absolute atomic E-state index is 0. The van der Waals surface area contributed by atoms with Gasteiger partial charge in [-0.15, -0.1) is 24.0 Å². The van der Waals surface area contributed by atoms with E-state index in [9.17, 15) is 5.11 Å². The molecule has 2 N–H and O–H groups in total. The molecule has 1 aromatic heterocycles. The molecule has 0 unspecified atom stereocenters. The van der Waals surface area contributed by atoms with Crippen LogP contribution >= 0.6 is 24.0 Å². The van der Waals surface area contributed by atoms with E-state index in [0.717, 1.165) is 36.7 Å². The molecule has 7 heteroatoms. The number of guanidine groups is 1. The molecule has 130 valence electrons. The number of hydrogen-bond donors (Lipinski definition) is 2. The third kappa shape index (κ3) is 4.70. The summed E-state index contributed by atoms with van der Waals surface area (Å²) in [4.78, 5) is 11.2. The molecule has 6 nitrogen and oxygen atoms in total. The van der Waals surface area contributed by atoms with Crippen molar-refractivity contribution in [3.05, 3.63) is 42.3 Å². The van der Waals surface area contributed by atoms with E-state index in [0.29, 0.717) is 19.0 Å². The van der Waals surface area contributed by atoms with Crippen molar-refractivity contribution in [1.82, 2.24) is 15.2 Å². The fourth-order valence-corrected chi connectivity index (χ4v) is 2.61. The third-order valence-electron chi connectivity index (χ3n) is 3.76. The van der Waals surface area contributed by atoms with E-state index >= 15 is 0 Å². The summed E-state index contributed by atoms with van der Waals surface area (Å²) in [5.41, 5.74) is 1.75. The maximum atomic E-state index is 9.68. The first-order valence-corrected chi connectivity index (χ1v) is 7.97. The lowest BCUT2D eigenvalue weighted by Crippen LogP contribution is -2.40. The second kappa shape index (κ2) is 9.03. The minimum Gasteiger partial charge on any atom is -0.444 e. The highest BCUT2D eigenvalue weighted by Gasteiger charge is 2.22.